The Labute approximate surface area is 192 Å². The molecule has 3 aromatic rings. The number of hydrogen-bond donors (Lipinski definition) is 2. The molecule has 2 N–H and O–H groups in total. The summed E-state index contributed by atoms with van der Waals surface area (Å²) < 4.78 is 7.55. The zero-order chi connectivity index (χ0) is 23.2. The second-order valence-electron chi connectivity index (χ2n) is 7.71. The van der Waals surface area contributed by atoms with Crippen molar-refractivity contribution >= 4 is 5.71 Å². The van der Waals surface area contributed by atoms with Gasteiger partial charge in [-0.1, -0.05) is 36.1 Å². The molecule has 1 aliphatic rings. The molecule has 7 nitrogen and oxygen atoms in total. The van der Waals surface area contributed by atoms with Gasteiger partial charge >= 0.3 is 0 Å². The summed E-state index contributed by atoms with van der Waals surface area (Å²) in [4.78, 5) is 8.29. The molecule has 0 radical (unpaired) electrons. The number of ether oxygens (including phenoxy) is 1. The van der Waals surface area contributed by atoms with Crippen molar-refractivity contribution in [1.82, 2.24) is 9.55 Å². The topological polar surface area (TPSA) is 104 Å². The van der Waals surface area contributed by atoms with Crippen LogP contribution in [0.1, 0.15) is 36.9 Å². The number of aliphatic hydroxyl groups excluding tert-OH is 2. The molecule has 2 aromatic carbocycles. The average Bonchev–Trinajstić information content (AvgIpc) is 3.37. The molecule has 0 bridgehead atoms. The lowest BCUT2D eigenvalue weighted by Gasteiger charge is -2.14. The summed E-state index contributed by atoms with van der Waals surface area (Å²) in [6.45, 7) is 1.64. The number of rotatable bonds is 7. The number of nitrogens with zero attached hydrogens (tertiary/aromatic N) is 4. The largest absolute Gasteiger partial charge is 0.484 e. The third kappa shape index (κ3) is 5.48. The lowest BCUT2D eigenvalue weighted by molar-refractivity contribution is 0.176. The Hall–Kier alpha value is -3.91. The molecule has 4 rings (SSSR count). The zero-order valence-corrected chi connectivity index (χ0v) is 18.2. The third-order valence-electron chi connectivity index (χ3n) is 5.27. The molecule has 0 unspecified atom stereocenters. The second kappa shape index (κ2) is 10.1. The van der Waals surface area contributed by atoms with Gasteiger partial charge in [-0.15, -0.1) is 0 Å². The van der Waals surface area contributed by atoms with Gasteiger partial charge in [-0.3, -0.25) is 4.99 Å². The van der Waals surface area contributed by atoms with Crippen LogP contribution in [0.3, 0.4) is 0 Å². The summed E-state index contributed by atoms with van der Waals surface area (Å²) in [6.07, 6.45) is 3.32. The van der Waals surface area contributed by atoms with Crippen molar-refractivity contribution in [3.05, 3.63) is 72.3 Å². The van der Waals surface area contributed by atoms with Crippen molar-refractivity contribution in [3.8, 4) is 34.8 Å². The van der Waals surface area contributed by atoms with Crippen LogP contribution in [0.15, 0.2) is 65.9 Å². The zero-order valence-electron chi connectivity index (χ0n) is 18.2. The minimum absolute atomic E-state index is 0.0104. The molecule has 0 saturated heterocycles. The fourth-order valence-electron chi connectivity index (χ4n) is 3.46. The van der Waals surface area contributed by atoms with Crippen LogP contribution in [-0.4, -0.2) is 44.7 Å². The van der Waals surface area contributed by atoms with Crippen LogP contribution in [0.4, 0.5) is 0 Å². The van der Waals surface area contributed by atoms with Gasteiger partial charge in [0.05, 0.1) is 18.4 Å². The van der Waals surface area contributed by atoms with Crippen molar-refractivity contribution in [3.63, 3.8) is 0 Å². The molecule has 7 heteroatoms. The summed E-state index contributed by atoms with van der Waals surface area (Å²) in [5.41, 5.74) is 3.88. The highest BCUT2D eigenvalue weighted by atomic mass is 16.5. The Morgan fingerprint density at radius 2 is 1.88 bits per heavy atom. The SMILES string of the molecule is C[C@H](O)c1nccn1[C@@H](C#Cc1ccc(-c2ccc(O[C@@H]3CC3=NCC#N)cc2)cc1)CO. The van der Waals surface area contributed by atoms with E-state index in [1.54, 1.807) is 23.9 Å². The molecule has 1 aromatic heterocycles. The maximum atomic E-state index is 9.83. The van der Waals surface area contributed by atoms with Crippen LogP contribution < -0.4 is 4.74 Å². The van der Waals surface area contributed by atoms with Crippen LogP contribution in [-0.2, 0) is 0 Å². The predicted molar refractivity (Wildman–Crippen MR) is 125 cm³/mol. The van der Waals surface area contributed by atoms with E-state index in [9.17, 15) is 10.2 Å². The van der Waals surface area contributed by atoms with Gasteiger partial charge in [-0.2, -0.15) is 5.26 Å². The molecule has 166 valence electrons. The molecule has 33 heavy (non-hydrogen) atoms. The van der Waals surface area contributed by atoms with E-state index in [1.807, 2.05) is 54.6 Å². The van der Waals surface area contributed by atoms with E-state index in [1.165, 1.54) is 0 Å². The smallest absolute Gasteiger partial charge is 0.142 e. The quantitative estimate of drug-likeness (QED) is 0.433. The second-order valence-corrected chi connectivity index (χ2v) is 7.71. The van der Waals surface area contributed by atoms with E-state index in [4.69, 9.17) is 10.00 Å². The lowest BCUT2D eigenvalue weighted by atomic mass is 10.0. The molecule has 1 heterocycles. The number of aliphatic imine (C=N–C) groups is 1. The molecule has 1 aliphatic carbocycles. The third-order valence-corrected chi connectivity index (χ3v) is 5.27. The summed E-state index contributed by atoms with van der Waals surface area (Å²) in [6, 6.07) is 17.3. The van der Waals surface area contributed by atoms with Gasteiger partial charge < -0.3 is 19.5 Å². The molecule has 1 fully saturated rings. The normalized spacial score (nSPS) is 17.5. The van der Waals surface area contributed by atoms with Gasteiger partial charge in [0, 0.05) is 24.4 Å². The molecule has 3 atom stereocenters. The predicted octanol–water partition coefficient (Wildman–Crippen LogP) is 3.30. The summed E-state index contributed by atoms with van der Waals surface area (Å²) in [5, 5.41) is 28.2. The Morgan fingerprint density at radius 1 is 1.18 bits per heavy atom. The molecular formula is C26H24N4O3. The summed E-state index contributed by atoms with van der Waals surface area (Å²) in [7, 11) is 0. The Bertz CT molecular complexity index is 1230. The molecule has 0 amide bonds. The average molecular weight is 441 g/mol. The van der Waals surface area contributed by atoms with Crippen molar-refractivity contribution in [1.29, 1.82) is 5.26 Å². The number of hydrogen-bond acceptors (Lipinski definition) is 6. The van der Waals surface area contributed by atoms with Crippen molar-refractivity contribution in [2.24, 2.45) is 4.99 Å². The minimum Gasteiger partial charge on any atom is -0.484 e. The molecular weight excluding hydrogens is 416 g/mol. The van der Waals surface area contributed by atoms with E-state index in [-0.39, 0.29) is 19.3 Å². The fourth-order valence-corrected chi connectivity index (χ4v) is 3.46. The van der Waals surface area contributed by atoms with Crippen molar-refractivity contribution < 1.29 is 14.9 Å². The highest BCUT2D eigenvalue weighted by Crippen LogP contribution is 2.27. The van der Waals surface area contributed by atoms with Crippen LogP contribution in [0.5, 0.6) is 5.75 Å². The lowest BCUT2D eigenvalue weighted by Crippen LogP contribution is -2.15. The maximum Gasteiger partial charge on any atom is 0.142 e. The van der Waals surface area contributed by atoms with Gasteiger partial charge in [0.25, 0.3) is 0 Å². The first-order valence-corrected chi connectivity index (χ1v) is 10.7. The Kier molecular flexibility index (Phi) is 6.85. The van der Waals surface area contributed by atoms with Crippen LogP contribution >= 0.6 is 0 Å². The Balaban J connectivity index is 1.41. The minimum atomic E-state index is -0.741. The van der Waals surface area contributed by atoms with Gasteiger partial charge in [0.1, 0.15) is 36.4 Å². The summed E-state index contributed by atoms with van der Waals surface area (Å²) >= 11 is 0. The van der Waals surface area contributed by atoms with E-state index in [2.05, 4.69) is 21.8 Å². The standard InChI is InChI=1S/C26H24N4O3/c1-18(32)26-29-14-15-30(26)22(17-31)9-4-19-2-5-20(6-3-19)21-7-10-23(11-8-21)33-25-16-24(25)28-13-12-27/h2-3,5-8,10-11,14-15,18,22,25,31-32H,13,16-17H2,1H3/t18-,22-,25+/m0/s1. The van der Waals surface area contributed by atoms with Crippen molar-refractivity contribution in [2.75, 3.05) is 13.2 Å². The Morgan fingerprint density at radius 3 is 2.52 bits per heavy atom. The number of aromatic nitrogens is 2. The molecule has 1 saturated carbocycles. The number of nitriles is 1. The van der Waals surface area contributed by atoms with Gasteiger partial charge in [-0.05, 0) is 42.3 Å². The van der Waals surface area contributed by atoms with E-state index >= 15 is 0 Å². The van der Waals surface area contributed by atoms with E-state index in [0.29, 0.717) is 5.82 Å². The number of imidazole rings is 1. The molecule has 0 spiro atoms. The fraction of sp³-hybridized carbons (Fsp3) is 0.269. The first-order valence-electron chi connectivity index (χ1n) is 10.7. The van der Waals surface area contributed by atoms with Crippen LogP contribution in [0.2, 0.25) is 0 Å². The van der Waals surface area contributed by atoms with Gasteiger partial charge in [0.15, 0.2) is 0 Å². The monoisotopic (exact) mass is 440 g/mol. The maximum absolute atomic E-state index is 9.83. The first kappa shape index (κ1) is 22.3. The van der Waals surface area contributed by atoms with Crippen LogP contribution in [0, 0.1) is 23.2 Å². The first-order chi connectivity index (χ1) is 16.1. The van der Waals surface area contributed by atoms with Crippen molar-refractivity contribution in [2.45, 2.75) is 31.6 Å². The van der Waals surface area contributed by atoms with Gasteiger partial charge in [0.2, 0.25) is 0 Å². The molecule has 0 aliphatic heterocycles. The summed E-state index contributed by atoms with van der Waals surface area (Å²) in [5.74, 6) is 7.40. The highest BCUT2D eigenvalue weighted by Gasteiger charge is 2.34. The number of aliphatic hydroxyl groups is 2. The van der Waals surface area contributed by atoms with Gasteiger partial charge in [-0.25, -0.2) is 4.98 Å². The van der Waals surface area contributed by atoms with E-state index < -0.39 is 12.1 Å². The number of benzene rings is 2. The highest BCUT2D eigenvalue weighted by molar-refractivity contribution is 6.04. The van der Waals surface area contributed by atoms with E-state index in [0.717, 1.165) is 34.6 Å². The van der Waals surface area contributed by atoms with Crippen LogP contribution in [0.25, 0.3) is 11.1 Å².